The summed E-state index contributed by atoms with van der Waals surface area (Å²) in [5.74, 6) is -0.805. The molecule has 1 fully saturated rings. The van der Waals surface area contributed by atoms with Crippen molar-refractivity contribution in [1.29, 1.82) is 0 Å². The van der Waals surface area contributed by atoms with E-state index in [-0.39, 0.29) is 5.82 Å². The van der Waals surface area contributed by atoms with E-state index in [1.807, 2.05) is 30.3 Å². The summed E-state index contributed by atoms with van der Waals surface area (Å²) < 4.78 is 14.9. The first-order chi connectivity index (χ1) is 12.1. The van der Waals surface area contributed by atoms with Gasteiger partial charge in [-0.3, -0.25) is 10.1 Å². The maximum atomic E-state index is 13.2. The van der Waals surface area contributed by atoms with Crippen LogP contribution in [0.3, 0.4) is 0 Å². The van der Waals surface area contributed by atoms with Gasteiger partial charge in [0.25, 0.3) is 5.91 Å². The molecular weight excluding hydrogens is 323 g/mol. The standard InChI is InChI=1S/C18H13FN4O2/c19-12-8-6-11(7-9-12)15-14(16-17(24)21-18(25)20-16)10-23(22-15)13-4-2-1-3-5-13/h1-10,16H,(H2,20,21,24,25)/t16-/m1/s1. The Balaban J connectivity index is 1.86. The molecule has 1 aliphatic heterocycles. The van der Waals surface area contributed by atoms with E-state index in [4.69, 9.17) is 0 Å². The fourth-order valence-corrected chi connectivity index (χ4v) is 2.78. The van der Waals surface area contributed by atoms with Crippen molar-refractivity contribution in [2.24, 2.45) is 0 Å². The lowest BCUT2D eigenvalue weighted by atomic mass is 10.0. The second kappa shape index (κ2) is 5.86. The van der Waals surface area contributed by atoms with E-state index in [1.165, 1.54) is 12.1 Å². The summed E-state index contributed by atoms with van der Waals surface area (Å²) in [5, 5.41) is 9.34. The number of imide groups is 1. The van der Waals surface area contributed by atoms with Crippen LogP contribution in [-0.4, -0.2) is 21.7 Å². The third-order valence-electron chi connectivity index (χ3n) is 3.97. The van der Waals surface area contributed by atoms with Crippen molar-refractivity contribution in [2.45, 2.75) is 6.04 Å². The van der Waals surface area contributed by atoms with Gasteiger partial charge in [0, 0.05) is 17.3 Å². The van der Waals surface area contributed by atoms with Gasteiger partial charge >= 0.3 is 6.03 Å². The molecule has 1 aromatic heterocycles. The Morgan fingerprint density at radius 2 is 1.72 bits per heavy atom. The molecule has 6 nitrogen and oxygen atoms in total. The van der Waals surface area contributed by atoms with E-state index in [0.29, 0.717) is 16.8 Å². The van der Waals surface area contributed by atoms with E-state index < -0.39 is 18.0 Å². The molecule has 0 aliphatic carbocycles. The number of rotatable bonds is 3. The largest absolute Gasteiger partial charge is 0.322 e. The van der Waals surface area contributed by atoms with Crippen LogP contribution in [-0.2, 0) is 4.79 Å². The molecule has 124 valence electrons. The number of urea groups is 1. The Hall–Kier alpha value is -3.48. The number of carbonyl (C=O) groups excluding carboxylic acids is 2. The number of nitrogens with one attached hydrogen (secondary N) is 2. The summed E-state index contributed by atoms with van der Waals surface area (Å²) in [5.41, 5.74) is 2.51. The minimum atomic E-state index is -0.843. The number of nitrogens with zero attached hydrogens (tertiary/aromatic N) is 2. The highest BCUT2D eigenvalue weighted by molar-refractivity contribution is 6.05. The maximum absolute atomic E-state index is 13.2. The number of carbonyl (C=O) groups is 2. The predicted octanol–water partition coefficient (Wildman–Crippen LogP) is 2.56. The molecule has 1 saturated heterocycles. The van der Waals surface area contributed by atoms with Crippen molar-refractivity contribution in [1.82, 2.24) is 20.4 Å². The second-order valence-corrected chi connectivity index (χ2v) is 5.62. The summed E-state index contributed by atoms with van der Waals surface area (Å²) in [7, 11) is 0. The van der Waals surface area contributed by atoms with Crippen molar-refractivity contribution in [3.63, 3.8) is 0 Å². The highest BCUT2D eigenvalue weighted by Crippen LogP contribution is 2.30. The van der Waals surface area contributed by atoms with Gasteiger partial charge in [0.1, 0.15) is 11.9 Å². The molecule has 0 spiro atoms. The number of hydrogen-bond acceptors (Lipinski definition) is 3. The SMILES string of the molecule is O=C1NC(=O)[C@@H](c2cn(-c3ccccc3)nc2-c2ccc(F)cc2)N1. The van der Waals surface area contributed by atoms with Gasteiger partial charge in [-0.2, -0.15) is 5.10 Å². The van der Waals surface area contributed by atoms with Crippen LogP contribution in [0.2, 0.25) is 0 Å². The predicted molar refractivity (Wildman–Crippen MR) is 88.4 cm³/mol. The molecule has 0 saturated carbocycles. The van der Waals surface area contributed by atoms with Crippen LogP contribution >= 0.6 is 0 Å². The number of para-hydroxylation sites is 1. The van der Waals surface area contributed by atoms with Crippen molar-refractivity contribution in [3.05, 3.63) is 72.2 Å². The van der Waals surface area contributed by atoms with Gasteiger partial charge in [-0.05, 0) is 36.4 Å². The first-order valence-electron chi connectivity index (χ1n) is 7.64. The smallest absolute Gasteiger partial charge is 0.322 e. The molecule has 3 aromatic rings. The van der Waals surface area contributed by atoms with Crippen molar-refractivity contribution in [2.75, 3.05) is 0 Å². The topological polar surface area (TPSA) is 76.0 Å². The first kappa shape index (κ1) is 15.1. The minimum absolute atomic E-state index is 0.361. The number of benzene rings is 2. The molecule has 7 heteroatoms. The van der Waals surface area contributed by atoms with Gasteiger partial charge in [0.2, 0.25) is 0 Å². The molecule has 3 amide bonds. The lowest BCUT2D eigenvalue weighted by molar-refractivity contribution is -0.120. The Kier molecular flexibility index (Phi) is 3.53. The van der Waals surface area contributed by atoms with Crippen molar-refractivity contribution >= 4 is 11.9 Å². The quantitative estimate of drug-likeness (QED) is 0.722. The summed E-state index contributed by atoms with van der Waals surface area (Å²) in [6, 6.07) is 13.8. The second-order valence-electron chi connectivity index (χ2n) is 5.62. The van der Waals surface area contributed by atoms with Gasteiger partial charge in [-0.15, -0.1) is 0 Å². The number of hydrogen-bond donors (Lipinski definition) is 2. The molecule has 0 bridgehead atoms. The first-order valence-corrected chi connectivity index (χ1v) is 7.64. The molecule has 0 radical (unpaired) electrons. The van der Waals surface area contributed by atoms with E-state index in [2.05, 4.69) is 15.7 Å². The normalized spacial score (nSPS) is 16.6. The third kappa shape index (κ3) is 2.76. The number of halogens is 1. The highest BCUT2D eigenvalue weighted by Gasteiger charge is 2.34. The Labute approximate surface area is 142 Å². The minimum Gasteiger partial charge on any atom is -0.322 e. The van der Waals surface area contributed by atoms with E-state index in [1.54, 1.807) is 23.0 Å². The van der Waals surface area contributed by atoms with E-state index >= 15 is 0 Å². The number of amides is 3. The van der Waals surface area contributed by atoms with Crippen molar-refractivity contribution in [3.8, 4) is 16.9 Å². The van der Waals surface area contributed by atoms with Crippen LogP contribution in [0.25, 0.3) is 16.9 Å². The average Bonchev–Trinajstić information content (AvgIpc) is 3.19. The van der Waals surface area contributed by atoms with Crippen molar-refractivity contribution < 1.29 is 14.0 Å². The van der Waals surface area contributed by atoms with Gasteiger partial charge < -0.3 is 5.32 Å². The zero-order chi connectivity index (χ0) is 17.4. The summed E-state index contributed by atoms with van der Waals surface area (Å²) in [6.07, 6.45) is 1.70. The fraction of sp³-hybridized carbons (Fsp3) is 0.0556. The number of aromatic nitrogens is 2. The molecular formula is C18H13FN4O2. The van der Waals surface area contributed by atoms with Gasteiger partial charge in [-0.1, -0.05) is 18.2 Å². The van der Waals surface area contributed by atoms with Crippen LogP contribution in [0.15, 0.2) is 60.8 Å². The van der Waals surface area contributed by atoms with Crippen LogP contribution in [0.4, 0.5) is 9.18 Å². The average molecular weight is 336 g/mol. The Morgan fingerprint density at radius 3 is 2.36 bits per heavy atom. The lowest BCUT2D eigenvalue weighted by Crippen LogP contribution is -2.22. The molecule has 2 heterocycles. The van der Waals surface area contributed by atoms with Gasteiger partial charge in [0.15, 0.2) is 0 Å². The Bertz CT molecular complexity index is 951. The monoisotopic (exact) mass is 336 g/mol. The fourth-order valence-electron chi connectivity index (χ4n) is 2.78. The lowest BCUT2D eigenvalue weighted by Gasteiger charge is -2.07. The maximum Gasteiger partial charge on any atom is 0.322 e. The van der Waals surface area contributed by atoms with E-state index in [9.17, 15) is 14.0 Å². The third-order valence-corrected chi connectivity index (χ3v) is 3.97. The molecule has 1 atom stereocenters. The highest BCUT2D eigenvalue weighted by atomic mass is 19.1. The van der Waals surface area contributed by atoms with Crippen LogP contribution < -0.4 is 10.6 Å². The zero-order valence-corrected chi connectivity index (χ0v) is 12.9. The Morgan fingerprint density at radius 1 is 1.00 bits per heavy atom. The summed E-state index contributed by atoms with van der Waals surface area (Å²) >= 11 is 0. The van der Waals surface area contributed by atoms with Gasteiger partial charge in [0.05, 0.1) is 11.4 Å². The molecule has 2 N–H and O–H groups in total. The molecule has 4 rings (SSSR count). The van der Waals surface area contributed by atoms with Crippen LogP contribution in [0.1, 0.15) is 11.6 Å². The summed E-state index contributed by atoms with van der Waals surface area (Å²) in [6.45, 7) is 0. The summed E-state index contributed by atoms with van der Waals surface area (Å²) in [4.78, 5) is 23.6. The zero-order valence-electron chi connectivity index (χ0n) is 12.9. The van der Waals surface area contributed by atoms with E-state index in [0.717, 1.165) is 5.69 Å². The molecule has 1 aliphatic rings. The molecule has 0 unspecified atom stereocenters. The van der Waals surface area contributed by atoms with Crippen LogP contribution in [0, 0.1) is 5.82 Å². The molecule has 2 aromatic carbocycles. The van der Waals surface area contributed by atoms with Crippen LogP contribution in [0.5, 0.6) is 0 Å². The van der Waals surface area contributed by atoms with Gasteiger partial charge in [-0.25, -0.2) is 13.9 Å². The molecule has 25 heavy (non-hydrogen) atoms.